The number of anilines is 1. The van der Waals surface area contributed by atoms with Crippen LogP contribution in [0.15, 0.2) is 85.5 Å². The normalized spacial score (nSPS) is 18.4. The molecule has 0 saturated carbocycles. The molecule has 0 aromatic heterocycles. The van der Waals surface area contributed by atoms with Gasteiger partial charge in [0.25, 0.3) is 0 Å². The summed E-state index contributed by atoms with van der Waals surface area (Å²) < 4.78 is 45.6. The minimum atomic E-state index is -4.45. The first-order chi connectivity index (χ1) is 15.8. The van der Waals surface area contributed by atoms with Crippen molar-refractivity contribution in [2.45, 2.75) is 25.1 Å². The standard InChI is InChI=1S/C26H21ClF3NO2/c1-2-4-18-16-24(17-5-3-6-19(15-17)26(28,29)30)31(25(18)32)21-9-13-23(14-10-21)33-22-11-7-20(27)8-12-22/h2-3,5-15,18,24H,1,4,16H2/t18-,24-/m1/s1. The number of allylic oxidation sites excluding steroid dienone is 1. The Balaban J connectivity index is 1.63. The average Bonchev–Trinajstić information content (AvgIpc) is 3.12. The third kappa shape index (κ3) is 5.06. The van der Waals surface area contributed by atoms with Crippen LogP contribution in [-0.4, -0.2) is 5.91 Å². The van der Waals surface area contributed by atoms with Gasteiger partial charge in [-0.15, -0.1) is 6.58 Å². The Morgan fingerprint density at radius 2 is 1.67 bits per heavy atom. The number of carbonyl (C=O) groups excluding carboxylic acids is 1. The van der Waals surface area contributed by atoms with E-state index in [4.69, 9.17) is 16.3 Å². The zero-order valence-corrected chi connectivity index (χ0v) is 18.3. The molecule has 7 heteroatoms. The molecule has 1 amide bonds. The van der Waals surface area contributed by atoms with Gasteiger partial charge in [-0.05, 0) is 79.1 Å². The summed E-state index contributed by atoms with van der Waals surface area (Å²) in [5.41, 5.74) is 0.315. The van der Waals surface area contributed by atoms with Crippen LogP contribution in [0, 0.1) is 5.92 Å². The van der Waals surface area contributed by atoms with Crippen molar-refractivity contribution in [3.05, 3.63) is 102 Å². The monoisotopic (exact) mass is 471 g/mol. The minimum absolute atomic E-state index is 0.135. The van der Waals surface area contributed by atoms with Crippen LogP contribution < -0.4 is 9.64 Å². The molecule has 3 nitrogen and oxygen atoms in total. The predicted octanol–water partition coefficient (Wildman–Crippen LogP) is 7.82. The molecule has 1 saturated heterocycles. The maximum atomic E-state index is 13.3. The topological polar surface area (TPSA) is 29.5 Å². The van der Waals surface area contributed by atoms with Crippen LogP contribution >= 0.6 is 11.6 Å². The molecule has 0 bridgehead atoms. The molecule has 170 valence electrons. The van der Waals surface area contributed by atoms with Crippen molar-refractivity contribution in [1.29, 1.82) is 0 Å². The van der Waals surface area contributed by atoms with Crippen molar-refractivity contribution in [2.75, 3.05) is 4.90 Å². The fourth-order valence-corrected chi connectivity index (χ4v) is 4.18. The lowest BCUT2D eigenvalue weighted by atomic mass is 9.96. The smallest absolute Gasteiger partial charge is 0.416 e. The fourth-order valence-electron chi connectivity index (χ4n) is 4.05. The van der Waals surface area contributed by atoms with Crippen LogP contribution in [0.25, 0.3) is 0 Å². The quantitative estimate of drug-likeness (QED) is 0.343. The van der Waals surface area contributed by atoms with E-state index in [1.807, 2.05) is 0 Å². The summed E-state index contributed by atoms with van der Waals surface area (Å²) in [6, 6.07) is 18.5. The van der Waals surface area contributed by atoms with E-state index in [-0.39, 0.29) is 11.8 Å². The van der Waals surface area contributed by atoms with E-state index in [9.17, 15) is 18.0 Å². The highest BCUT2D eigenvalue weighted by molar-refractivity contribution is 6.30. The lowest BCUT2D eigenvalue weighted by Gasteiger charge is -2.26. The molecule has 3 aromatic carbocycles. The SMILES string of the molecule is C=CC[C@@H]1C[C@H](c2cccc(C(F)(F)F)c2)N(c2ccc(Oc3ccc(Cl)cc3)cc2)C1=O. The third-order valence-corrected chi connectivity index (χ3v) is 5.87. The molecule has 3 aromatic rings. The maximum absolute atomic E-state index is 13.3. The van der Waals surface area contributed by atoms with Crippen molar-refractivity contribution < 1.29 is 22.7 Å². The number of hydrogen-bond acceptors (Lipinski definition) is 2. The third-order valence-electron chi connectivity index (χ3n) is 5.62. The molecular formula is C26H21ClF3NO2. The molecule has 33 heavy (non-hydrogen) atoms. The highest BCUT2D eigenvalue weighted by Gasteiger charge is 2.41. The van der Waals surface area contributed by atoms with E-state index >= 15 is 0 Å². The number of alkyl halides is 3. The Labute approximate surface area is 195 Å². The second kappa shape index (κ2) is 9.32. The van der Waals surface area contributed by atoms with Gasteiger partial charge in [0.15, 0.2) is 0 Å². The van der Waals surface area contributed by atoms with Gasteiger partial charge in [-0.1, -0.05) is 29.8 Å². The second-order valence-electron chi connectivity index (χ2n) is 7.85. The lowest BCUT2D eigenvalue weighted by molar-refractivity contribution is -0.137. The number of ether oxygens (including phenoxy) is 1. The van der Waals surface area contributed by atoms with Crippen LogP contribution in [0.3, 0.4) is 0 Å². The largest absolute Gasteiger partial charge is 0.457 e. The van der Waals surface area contributed by atoms with Crippen molar-refractivity contribution in [3.63, 3.8) is 0 Å². The number of nitrogens with zero attached hydrogens (tertiary/aromatic N) is 1. The van der Waals surface area contributed by atoms with Crippen LogP contribution in [0.1, 0.15) is 30.0 Å². The van der Waals surface area contributed by atoms with E-state index in [1.165, 1.54) is 6.07 Å². The predicted molar refractivity (Wildman–Crippen MR) is 123 cm³/mol. The van der Waals surface area contributed by atoms with Gasteiger partial charge < -0.3 is 9.64 Å². The number of halogens is 4. The number of benzene rings is 3. The molecule has 0 aliphatic carbocycles. The highest BCUT2D eigenvalue weighted by Crippen LogP contribution is 2.43. The highest BCUT2D eigenvalue weighted by atomic mass is 35.5. The van der Waals surface area contributed by atoms with E-state index in [2.05, 4.69) is 6.58 Å². The van der Waals surface area contributed by atoms with E-state index in [0.29, 0.717) is 40.6 Å². The summed E-state index contributed by atoms with van der Waals surface area (Å²) in [5.74, 6) is 0.694. The van der Waals surface area contributed by atoms with E-state index in [0.717, 1.165) is 12.1 Å². The van der Waals surface area contributed by atoms with Crippen molar-refractivity contribution in [3.8, 4) is 11.5 Å². The Morgan fingerprint density at radius 3 is 2.27 bits per heavy atom. The zero-order valence-electron chi connectivity index (χ0n) is 17.6. The minimum Gasteiger partial charge on any atom is -0.457 e. The molecule has 2 atom stereocenters. The molecule has 0 radical (unpaired) electrons. The van der Waals surface area contributed by atoms with Gasteiger partial charge in [0.2, 0.25) is 5.91 Å². The molecule has 1 aliphatic rings. The summed E-state index contributed by atoms with van der Waals surface area (Å²) >= 11 is 5.89. The Kier molecular flexibility index (Phi) is 6.47. The Morgan fingerprint density at radius 1 is 1.03 bits per heavy atom. The Hall–Kier alpha value is -3.25. The molecule has 0 unspecified atom stereocenters. The first-order valence-electron chi connectivity index (χ1n) is 10.4. The second-order valence-corrected chi connectivity index (χ2v) is 8.29. The van der Waals surface area contributed by atoms with Gasteiger partial charge in [-0.25, -0.2) is 0 Å². The summed E-state index contributed by atoms with van der Waals surface area (Å²) in [6.07, 6.45) is -1.92. The van der Waals surface area contributed by atoms with Gasteiger partial charge in [0.1, 0.15) is 11.5 Å². The Bertz CT molecular complexity index is 1140. The number of amides is 1. The van der Waals surface area contributed by atoms with E-state index in [1.54, 1.807) is 65.6 Å². The molecule has 4 rings (SSSR count). The van der Waals surface area contributed by atoms with Crippen LogP contribution in [0.2, 0.25) is 5.02 Å². The van der Waals surface area contributed by atoms with Gasteiger partial charge in [-0.3, -0.25) is 4.79 Å². The first-order valence-corrected chi connectivity index (χ1v) is 10.8. The first kappa shape index (κ1) is 22.9. The summed E-state index contributed by atoms with van der Waals surface area (Å²) in [5, 5.41) is 0.597. The molecular weight excluding hydrogens is 451 g/mol. The van der Waals surface area contributed by atoms with Gasteiger partial charge in [0, 0.05) is 16.6 Å². The van der Waals surface area contributed by atoms with Crippen LogP contribution in [0.4, 0.5) is 18.9 Å². The number of carbonyl (C=O) groups is 1. The molecule has 1 fully saturated rings. The van der Waals surface area contributed by atoms with Crippen molar-refractivity contribution in [1.82, 2.24) is 0 Å². The summed E-state index contributed by atoms with van der Waals surface area (Å²) in [6.45, 7) is 3.71. The van der Waals surface area contributed by atoms with Crippen molar-refractivity contribution in [2.24, 2.45) is 5.92 Å². The van der Waals surface area contributed by atoms with Crippen molar-refractivity contribution >= 4 is 23.2 Å². The fraction of sp³-hybridized carbons (Fsp3) is 0.192. The lowest BCUT2D eigenvalue weighted by Crippen LogP contribution is -2.29. The number of hydrogen-bond donors (Lipinski definition) is 0. The van der Waals surface area contributed by atoms with E-state index < -0.39 is 17.8 Å². The molecule has 0 N–H and O–H groups in total. The van der Waals surface area contributed by atoms with Gasteiger partial charge in [0.05, 0.1) is 11.6 Å². The van der Waals surface area contributed by atoms with Gasteiger partial charge >= 0.3 is 6.18 Å². The molecule has 1 heterocycles. The average molecular weight is 472 g/mol. The van der Waals surface area contributed by atoms with Crippen LogP contribution in [0.5, 0.6) is 11.5 Å². The molecule has 0 spiro atoms. The van der Waals surface area contributed by atoms with Crippen LogP contribution in [-0.2, 0) is 11.0 Å². The number of rotatable bonds is 6. The zero-order chi connectivity index (χ0) is 23.6. The summed E-state index contributed by atoms with van der Waals surface area (Å²) in [7, 11) is 0. The summed E-state index contributed by atoms with van der Waals surface area (Å²) in [4.78, 5) is 14.8. The maximum Gasteiger partial charge on any atom is 0.416 e. The van der Waals surface area contributed by atoms with Gasteiger partial charge in [-0.2, -0.15) is 13.2 Å². The molecule has 1 aliphatic heterocycles.